The number of hydrogen-bond acceptors (Lipinski definition) is 4. The van der Waals surface area contributed by atoms with E-state index in [-0.39, 0.29) is 24.7 Å². The molecule has 1 aromatic carbocycles. The highest BCUT2D eigenvalue weighted by molar-refractivity contribution is 5.95. The van der Waals surface area contributed by atoms with Gasteiger partial charge in [-0.15, -0.1) is 13.2 Å². The Morgan fingerprint density at radius 2 is 1.92 bits per heavy atom. The number of halogens is 3. The number of allylic oxidation sites excluding steroid dienone is 1. The summed E-state index contributed by atoms with van der Waals surface area (Å²) < 4.78 is 45.4. The first-order valence-electron chi connectivity index (χ1n) is 7.24. The quantitative estimate of drug-likeness (QED) is 0.854. The van der Waals surface area contributed by atoms with Gasteiger partial charge in [-0.25, -0.2) is 4.79 Å². The highest BCUT2D eigenvalue weighted by atomic mass is 19.4. The number of benzene rings is 1. The highest BCUT2D eigenvalue weighted by Gasteiger charge is 2.33. The number of carbonyl (C=O) groups excluding carboxylic acids is 2. The molecule has 1 heterocycles. The number of amides is 1. The molecular formula is C16H16F3NO4. The minimum atomic E-state index is -4.78. The van der Waals surface area contributed by atoms with Crippen molar-refractivity contribution < 1.29 is 32.2 Å². The third kappa shape index (κ3) is 4.27. The van der Waals surface area contributed by atoms with Gasteiger partial charge in [0.2, 0.25) is 5.91 Å². The lowest BCUT2D eigenvalue weighted by atomic mass is 9.84. The minimum absolute atomic E-state index is 0.00492. The van der Waals surface area contributed by atoms with Gasteiger partial charge in [0.15, 0.2) is 0 Å². The van der Waals surface area contributed by atoms with E-state index < -0.39 is 18.2 Å². The second-order valence-corrected chi connectivity index (χ2v) is 5.18. The summed E-state index contributed by atoms with van der Waals surface area (Å²) in [6.07, 6.45) is -4.77. The van der Waals surface area contributed by atoms with Crippen LogP contribution in [0.15, 0.2) is 35.5 Å². The van der Waals surface area contributed by atoms with Crippen molar-refractivity contribution in [3.05, 3.63) is 41.1 Å². The molecule has 0 saturated carbocycles. The van der Waals surface area contributed by atoms with Crippen LogP contribution < -0.4 is 10.1 Å². The number of nitrogens with one attached hydrogen (secondary N) is 1. The molecule has 8 heteroatoms. The number of carbonyl (C=O) groups is 2. The molecule has 5 nitrogen and oxygen atoms in total. The number of rotatable bonds is 4. The van der Waals surface area contributed by atoms with E-state index in [9.17, 15) is 22.8 Å². The number of hydrogen-bond donors (Lipinski definition) is 1. The van der Waals surface area contributed by atoms with Crippen molar-refractivity contribution in [2.75, 3.05) is 6.61 Å². The number of esters is 1. The Hall–Kier alpha value is -2.51. The fourth-order valence-corrected chi connectivity index (χ4v) is 2.57. The first-order chi connectivity index (χ1) is 11.2. The number of alkyl halides is 3. The molecule has 1 amide bonds. The Kier molecular flexibility index (Phi) is 5.16. The Morgan fingerprint density at radius 3 is 2.46 bits per heavy atom. The summed E-state index contributed by atoms with van der Waals surface area (Å²) in [6, 6.07) is 5.09. The lowest BCUT2D eigenvalue weighted by molar-refractivity contribution is -0.274. The zero-order chi connectivity index (χ0) is 17.9. The molecule has 2 rings (SSSR count). The fourth-order valence-electron chi connectivity index (χ4n) is 2.57. The molecule has 1 aliphatic rings. The predicted molar refractivity (Wildman–Crippen MR) is 78.0 cm³/mol. The van der Waals surface area contributed by atoms with Crippen LogP contribution in [0.1, 0.15) is 31.7 Å². The van der Waals surface area contributed by atoms with E-state index in [4.69, 9.17) is 4.74 Å². The molecule has 0 radical (unpaired) electrons. The molecule has 0 unspecified atom stereocenters. The van der Waals surface area contributed by atoms with Crippen molar-refractivity contribution in [1.29, 1.82) is 0 Å². The van der Waals surface area contributed by atoms with E-state index in [1.807, 2.05) is 0 Å². The van der Waals surface area contributed by atoms with Crippen molar-refractivity contribution in [2.45, 2.75) is 32.5 Å². The van der Waals surface area contributed by atoms with Gasteiger partial charge in [-0.2, -0.15) is 0 Å². The first-order valence-corrected chi connectivity index (χ1v) is 7.24. The van der Waals surface area contributed by atoms with Crippen molar-refractivity contribution in [3.63, 3.8) is 0 Å². The molecule has 0 aromatic heterocycles. The zero-order valence-electron chi connectivity index (χ0n) is 13.1. The van der Waals surface area contributed by atoms with Gasteiger partial charge in [-0.3, -0.25) is 4.79 Å². The topological polar surface area (TPSA) is 64.6 Å². The lowest BCUT2D eigenvalue weighted by Crippen LogP contribution is -2.34. The summed E-state index contributed by atoms with van der Waals surface area (Å²) in [7, 11) is 0. The van der Waals surface area contributed by atoms with Crippen LogP contribution in [-0.2, 0) is 14.3 Å². The largest absolute Gasteiger partial charge is 0.573 e. The third-order valence-corrected chi connectivity index (χ3v) is 3.48. The van der Waals surface area contributed by atoms with Gasteiger partial charge in [0.05, 0.1) is 12.2 Å². The maximum absolute atomic E-state index is 12.2. The fraction of sp³-hybridized carbons (Fsp3) is 0.375. The molecule has 130 valence electrons. The van der Waals surface area contributed by atoms with Gasteiger partial charge in [0.1, 0.15) is 5.75 Å². The molecule has 1 N–H and O–H groups in total. The van der Waals surface area contributed by atoms with E-state index in [0.29, 0.717) is 16.8 Å². The molecular weight excluding hydrogens is 327 g/mol. The average Bonchev–Trinajstić information content (AvgIpc) is 2.45. The SMILES string of the molecule is CCOC(=O)C1=C(C)NC(=O)C[C@H]1c1ccc(OC(F)(F)F)cc1. The molecule has 0 spiro atoms. The third-order valence-electron chi connectivity index (χ3n) is 3.48. The van der Waals surface area contributed by atoms with Crippen molar-refractivity contribution in [1.82, 2.24) is 5.32 Å². The highest BCUT2D eigenvalue weighted by Crippen LogP contribution is 2.34. The van der Waals surface area contributed by atoms with Crippen LogP contribution in [0.25, 0.3) is 0 Å². The summed E-state index contributed by atoms with van der Waals surface area (Å²) in [5, 5.41) is 2.58. The van der Waals surface area contributed by atoms with Gasteiger partial charge in [0, 0.05) is 18.0 Å². The summed E-state index contributed by atoms with van der Waals surface area (Å²) in [6.45, 7) is 3.42. The van der Waals surface area contributed by atoms with Gasteiger partial charge in [0.25, 0.3) is 0 Å². The van der Waals surface area contributed by atoms with Crippen LogP contribution in [0.5, 0.6) is 5.75 Å². The summed E-state index contributed by atoms with van der Waals surface area (Å²) in [5.41, 5.74) is 1.20. The number of ether oxygens (including phenoxy) is 2. The van der Waals surface area contributed by atoms with E-state index in [2.05, 4.69) is 10.1 Å². The molecule has 24 heavy (non-hydrogen) atoms. The van der Waals surface area contributed by atoms with Crippen LogP contribution in [0, 0.1) is 0 Å². The summed E-state index contributed by atoms with van der Waals surface area (Å²) in [5.74, 6) is -1.79. The minimum Gasteiger partial charge on any atom is -0.463 e. The van der Waals surface area contributed by atoms with Crippen LogP contribution in [0.4, 0.5) is 13.2 Å². The summed E-state index contributed by atoms with van der Waals surface area (Å²) in [4.78, 5) is 23.9. The van der Waals surface area contributed by atoms with E-state index in [1.54, 1.807) is 13.8 Å². The summed E-state index contributed by atoms with van der Waals surface area (Å²) >= 11 is 0. The first kappa shape index (κ1) is 17.8. The van der Waals surface area contributed by atoms with Crippen LogP contribution >= 0.6 is 0 Å². The molecule has 0 bridgehead atoms. The van der Waals surface area contributed by atoms with Gasteiger partial charge in [-0.05, 0) is 31.5 Å². The maximum atomic E-state index is 12.2. The lowest BCUT2D eigenvalue weighted by Gasteiger charge is -2.26. The van der Waals surface area contributed by atoms with Gasteiger partial charge >= 0.3 is 12.3 Å². The normalized spacial score (nSPS) is 18.2. The molecule has 0 fully saturated rings. The second kappa shape index (κ2) is 6.94. The predicted octanol–water partition coefficient (Wildman–Crippen LogP) is 3.03. The van der Waals surface area contributed by atoms with Crippen LogP contribution in [-0.4, -0.2) is 24.8 Å². The monoisotopic (exact) mass is 343 g/mol. The standard InChI is InChI=1S/C16H16F3NO4/c1-3-23-15(22)14-9(2)20-13(21)8-12(14)10-4-6-11(7-5-10)24-16(17,18)19/h4-7,12H,3,8H2,1-2H3,(H,20,21)/t12-/m0/s1. The van der Waals surface area contributed by atoms with E-state index in [0.717, 1.165) is 12.1 Å². The zero-order valence-corrected chi connectivity index (χ0v) is 13.1. The molecule has 0 aliphatic carbocycles. The Bertz CT molecular complexity index is 665. The Balaban J connectivity index is 2.32. The Morgan fingerprint density at radius 1 is 1.29 bits per heavy atom. The second-order valence-electron chi connectivity index (χ2n) is 5.18. The van der Waals surface area contributed by atoms with Crippen LogP contribution in [0.2, 0.25) is 0 Å². The average molecular weight is 343 g/mol. The van der Waals surface area contributed by atoms with Gasteiger partial charge in [-0.1, -0.05) is 12.1 Å². The molecule has 1 atom stereocenters. The smallest absolute Gasteiger partial charge is 0.463 e. The van der Waals surface area contributed by atoms with E-state index >= 15 is 0 Å². The molecule has 1 aromatic rings. The Labute approximate surface area is 136 Å². The van der Waals surface area contributed by atoms with Crippen molar-refractivity contribution in [2.24, 2.45) is 0 Å². The van der Waals surface area contributed by atoms with Crippen molar-refractivity contribution >= 4 is 11.9 Å². The molecule has 1 aliphatic heterocycles. The maximum Gasteiger partial charge on any atom is 0.573 e. The van der Waals surface area contributed by atoms with E-state index in [1.165, 1.54) is 12.1 Å². The van der Waals surface area contributed by atoms with Crippen molar-refractivity contribution in [3.8, 4) is 5.75 Å². The van der Waals surface area contributed by atoms with Gasteiger partial charge < -0.3 is 14.8 Å². The molecule has 0 saturated heterocycles. The van der Waals surface area contributed by atoms with Crippen LogP contribution in [0.3, 0.4) is 0 Å².